The summed E-state index contributed by atoms with van der Waals surface area (Å²) in [6.07, 6.45) is 6.24. The van der Waals surface area contributed by atoms with Crippen molar-refractivity contribution in [3.8, 4) is 0 Å². The topological polar surface area (TPSA) is 93.3 Å². The Balaban J connectivity index is 1.64. The van der Waals surface area contributed by atoms with E-state index in [-0.39, 0.29) is 11.4 Å². The third-order valence-corrected chi connectivity index (χ3v) is 5.92. The van der Waals surface area contributed by atoms with Gasteiger partial charge < -0.3 is 11.1 Å². The molecule has 4 rings (SSSR count). The van der Waals surface area contributed by atoms with Crippen molar-refractivity contribution < 1.29 is 4.79 Å². The summed E-state index contributed by atoms with van der Waals surface area (Å²) < 4.78 is 0. The monoisotopic (exact) mass is 353 g/mol. The van der Waals surface area contributed by atoms with E-state index in [0.29, 0.717) is 16.8 Å². The first-order chi connectivity index (χ1) is 12.2. The molecule has 1 aromatic heterocycles. The first kappa shape index (κ1) is 16.1. The van der Waals surface area contributed by atoms with Crippen LogP contribution in [-0.2, 0) is 5.54 Å². The van der Waals surface area contributed by atoms with Crippen LogP contribution in [0.15, 0.2) is 47.8 Å². The molecule has 0 unspecified atom stereocenters. The van der Waals surface area contributed by atoms with Crippen LogP contribution in [0.5, 0.6) is 0 Å². The predicted molar refractivity (Wildman–Crippen MR) is 99.5 cm³/mol. The summed E-state index contributed by atoms with van der Waals surface area (Å²) in [5.41, 5.74) is 8.00. The maximum atomic E-state index is 12.3. The van der Waals surface area contributed by atoms with E-state index in [1.807, 2.05) is 18.2 Å². The predicted octanol–water partition coefficient (Wildman–Crippen LogP) is 2.79. The van der Waals surface area contributed by atoms with E-state index in [9.17, 15) is 4.79 Å². The number of rotatable bonds is 3. The average molecular weight is 353 g/mol. The fourth-order valence-corrected chi connectivity index (χ4v) is 4.82. The first-order valence-corrected chi connectivity index (χ1v) is 9.32. The van der Waals surface area contributed by atoms with Crippen LogP contribution in [0.3, 0.4) is 0 Å². The Kier molecular flexibility index (Phi) is 4.17. The Bertz CT molecular complexity index is 825. The number of nitrogens with one attached hydrogen (secondary N) is 1. The summed E-state index contributed by atoms with van der Waals surface area (Å²) in [4.78, 5) is 25.0. The molecular weight excluding hydrogens is 334 g/mol. The number of fused-ring (bicyclic) bond motifs is 1. The highest BCUT2D eigenvalue weighted by atomic mass is 32.2. The van der Waals surface area contributed by atoms with Crippen molar-refractivity contribution in [2.24, 2.45) is 16.6 Å². The summed E-state index contributed by atoms with van der Waals surface area (Å²) in [7, 11) is 0. The zero-order chi connectivity index (χ0) is 17.3. The molecule has 1 saturated carbocycles. The molecule has 1 aliphatic carbocycles. The van der Waals surface area contributed by atoms with Crippen LogP contribution >= 0.6 is 11.8 Å². The number of amides is 1. The van der Waals surface area contributed by atoms with Gasteiger partial charge in [-0.3, -0.25) is 9.79 Å². The normalized spacial score (nSPS) is 25.1. The number of anilines is 1. The molecule has 1 aliphatic heterocycles. The smallest absolute Gasteiger partial charge is 0.274 e. The number of hydrogen-bond acceptors (Lipinski definition) is 6. The van der Waals surface area contributed by atoms with Gasteiger partial charge in [0.1, 0.15) is 12.0 Å². The largest absolute Gasteiger partial charge is 0.379 e. The summed E-state index contributed by atoms with van der Waals surface area (Å²) >= 11 is 1.64. The van der Waals surface area contributed by atoms with Crippen molar-refractivity contribution in [1.82, 2.24) is 9.97 Å². The van der Waals surface area contributed by atoms with Crippen molar-refractivity contribution >= 4 is 28.5 Å². The third kappa shape index (κ3) is 3.00. The van der Waals surface area contributed by atoms with E-state index in [1.165, 1.54) is 12.7 Å². The molecule has 2 heterocycles. The van der Waals surface area contributed by atoms with E-state index >= 15 is 0 Å². The summed E-state index contributed by atoms with van der Waals surface area (Å²) in [6.45, 7) is 0. The number of nitrogens with two attached hydrogens (primary N) is 1. The highest BCUT2D eigenvalue weighted by Crippen LogP contribution is 2.50. The van der Waals surface area contributed by atoms with E-state index in [4.69, 9.17) is 10.7 Å². The fraction of sp³-hybridized carbons (Fsp3) is 0.333. The van der Waals surface area contributed by atoms with Crippen LogP contribution < -0.4 is 11.1 Å². The molecule has 0 radical (unpaired) electrons. The van der Waals surface area contributed by atoms with Crippen LogP contribution in [0.2, 0.25) is 0 Å². The van der Waals surface area contributed by atoms with Gasteiger partial charge in [0, 0.05) is 17.6 Å². The number of hydrogen-bond donors (Lipinski definition) is 2. The Labute approximate surface area is 150 Å². The van der Waals surface area contributed by atoms with Crippen molar-refractivity contribution in [2.45, 2.75) is 24.8 Å². The number of carbonyl (C=O) groups is 1. The number of benzene rings is 1. The molecule has 6 nitrogen and oxygen atoms in total. The Hall–Kier alpha value is -2.41. The van der Waals surface area contributed by atoms with Gasteiger partial charge in [-0.2, -0.15) is 0 Å². The van der Waals surface area contributed by atoms with Gasteiger partial charge in [-0.25, -0.2) is 9.97 Å². The molecule has 2 aliphatic rings. The van der Waals surface area contributed by atoms with E-state index < -0.39 is 0 Å². The minimum atomic E-state index is -0.248. The van der Waals surface area contributed by atoms with Crippen LogP contribution in [0.25, 0.3) is 0 Å². The maximum Gasteiger partial charge on any atom is 0.274 e. The number of aromatic nitrogens is 2. The molecule has 0 spiro atoms. The van der Waals surface area contributed by atoms with Crippen molar-refractivity contribution in [3.05, 3.63) is 54.1 Å². The fourth-order valence-electron chi connectivity index (χ4n) is 3.78. The van der Waals surface area contributed by atoms with Crippen molar-refractivity contribution in [1.29, 1.82) is 0 Å². The number of aliphatic imine (C=N–C) groups is 1. The molecule has 2 atom stereocenters. The summed E-state index contributed by atoms with van der Waals surface area (Å²) in [5.74, 6) is 1.26. The quantitative estimate of drug-likeness (QED) is 0.885. The number of nitrogens with zero attached hydrogens (tertiary/aromatic N) is 3. The van der Waals surface area contributed by atoms with Crippen LogP contribution in [0.4, 0.5) is 5.69 Å². The Morgan fingerprint density at radius 1 is 1.36 bits per heavy atom. The zero-order valence-corrected chi connectivity index (χ0v) is 14.5. The maximum absolute atomic E-state index is 12.3. The molecule has 3 N–H and O–H groups in total. The minimum Gasteiger partial charge on any atom is -0.379 e. The van der Waals surface area contributed by atoms with Gasteiger partial charge in [-0.15, -0.1) is 0 Å². The minimum absolute atomic E-state index is 0.245. The Morgan fingerprint density at radius 2 is 2.28 bits per heavy atom. The van der Waals surface area contributed by atoms with E-state index in [2.05, 4.69) is 21.4 Å². The van der Waals surface area contributed by atoms with E-state index in [1.54, 1.807) is 24.0 Å². The van der Waals surface area contributed by atoms with Gasteiger partial charge in [0.05, 0.1) is 5.54 Å². The Morgan fingerprint density at radius 3 is 3.12 bits per heavy atom. The number of thioether (sulfide) groups is 1. The molecule has 1 fully saturated rings. The third-order valence-electron chi connectivity index (χ3n) is 4.96. The lowest BCUT2D eigenvalue weighted by Crippen LogP contribution is -2.36. The molecule has 128 valence electrons. The lowest BCUT2D eigenvalue weighted by molar-refractivity contribution is 0.102. The lowest BCUT2D eigenvalue weighted by atomic mass is 9.81. The van der Waals surface area contributed by atoms with Crippen LogP contribution in [-0.4, -0.2) is 26.8 Å². The number of carbonyl (C=O) groups excluding carboxylic acids is 1. The molecule has 1 aromatic carbocycles. The average Bonchev–Trinajstić information content (AvgIpc) is 3.07. The standard InChI is InChI=1S/C18H19N5OS/c19-17-23-18(7-2-4-13(18)10-25-17)12-3-1-5-14(9-12)22-16(24)15-6-8-20-11-21-15/h1,3,5-6,8-9,11,13H,2,4,7,10H2,(H2,19,23)(H,22,24)/t13-,18+/m0/s1. The second-order valence-corrected chi connectivity index (χ2v) is 7.44. The van der Waals surface area contributed by atoms with Gasteiger partial charge in [-0.05, 0) is 42.5 Å². The first-order valence-electron chi connectivity index (χ1n) is 8.33. The van der Waals surface area contributed by atoms with E-state index in [0.717, 1.165) is 29.8 Å². The summed E-state index contributed by atoms with van der Waals surface area (Å²) in [5, 5.41) is 3.57. The zero-order valence-electron chi connectivity index (χ0n) is 13.7. The van der Waals surface area contributed by atoms with Crippen molar-refractivity contribution in [3.63, 3.8) is 0 Å². The highest BCUT2D eigenvalue weighted by Gasteiger charge is 2.46. The van der Waals surface area contributed by atoms with Crippen molar-refractivity contribution in [2.75, 3.05) is 11.1 Å². The second kappa shape index (κ2) is 6.48. The van der Waals surface area contributed by atoms with Crippen LogP contribution in [0.1, 0.15) is 35.3 Å². The van der Waals surface area contributed by atoms with Gasteiger partial charge in [0.2, 0.25) is 0 Å². The highest BCUT2D eigenvalue weighted by molar-refractivity contribution is 8.13. The van der Waals surface area contributed by atoms with Gasteiger partial charge >= 0.3 is 0 Å². The lowest BCUT2D eigenvalue weighted by Gasteiger charge is -2.36. The number of amidine groups is 1. The molecule has 1 amide bonds. The molecular formula is C18H19N5OS. The summed E-state index contributed by atoms with van der Waals surface area (Å²) in [6, 6.07) is 9.54. The van der Waals surface area contributed by atoms with Gasteiger partial charge in [-0.1, -0.05) is 30.3 Å². The van der Waals surface area contributed by atoms with Crippen LogP contribution in [0, 0.1) is 5.92 Å². The molecule has 0 saturated heterocycles. The molecule has 2 aromatic rings. The van der Waals surface area contributed by atoms with Gasteiger partial charge in [0.15, 0.2) is 5.17 Å². The molecule has 0 bridgehead atoms. The van der Waals surface area contributed by atoms with Gasteiger partial charge in [0.25, 0.3) is 5.91 Å². The second-order valence-electron chi connectivity index (χ2n) is 6.40. The SMILES string of the molecule is NC1=N[C@@]2(c3cccc(NC(=O)c4ccncn4)c3)CCC[C@H]2CS1. The molecule has 7 heteroatoms. The molecule has 25 heavy (non-hydrogen) atoms.